The number of carbonyl (C=O) groups excluding carboxylic acids is 1. The van der Waals surface area contributed by atoms with Crippen LogP contribution >= 0.6 is 15.9 Å². The van der Waals surface area contributed by atoms with Crippen LogP contribution in [-0.2, 0) is 10.3 Å². The van der Waals surface area contributed by atoms with Gasteiger partial charge in [0.25, 0.3) is 0 Å². The minimum atomic E-state index is -1.07. The van der Waals surface area contributed by atoms with Crippen molar-refractivity contribution in [3.63, 3.8) is 0 Å². The molecule has 0 aliphatic heterocycles. The van der Waals surface area contributed by atoms with Crippen molar-refractivity contribution in [2.45, 2.75) is 19.4 Å². The molecule has 122 valence electrons. The molecule has 1 atom stereocenters. The highest BCUT2D eigenvalue weighted by atomic mass is 79.9. The third-order valence-electron chi connectivity index (χ3n) is 3.52. The van der Waals surface area contributed by atoms with Crippen molar-refractivity contribution in [1.29, 1.82) is 0 Å². The first-order valence-corrected chi connectivity index (χ1v) is 8.19. The molecule has 6 heteroatoms. The van der Waals surface area contributed by atoms with Gasteiger partial charge in [-0.05, 0) is 43.7 Å². The molecule has 1 aromatic carbocycles. The second kappa shape index (κ2) is 7.57. The van der Waals surface area contributed by atoms with Crippen LogP contribution < -0.4 is 16.4 Å². The third-order valence-corrected chi connectivity index (χ3v) is 4.05. The van der Waals surface area contributed by atoms with Gasteiger partial charge in [0, 0.05) is 23.3 Å². The van der Waals surface area contributed by atoms with Gasteiger partial charge in [-0.15, -0.1) is 0 Å². The molecule has 0 fully saturated rings. The fourth-order valence-corrected chi connectivity index (χ4v) is 2.38. The highest BCUT2D eigenvalue weighted by Crippen LogP contribution is 2.20. The number of hydrogen-bond donors (Lipinski definition) is 3. The topological polar surface area (TPSA) is 80.0 Å². The number of rotatable bonds is 6. The van der Waals surface area contributed by atoms with Crippen LogP contribution in [0.5, 0.6) is 0 Å². The summed E-state index contributed by atoms with van der Waals surface area (Å²) in [6.45, 7) is 4.70. The summed E-state index contributed by atoms with van der Waals surface area (Å²) >= 11 is 3.37. The molecule has 0 bridgehead atoms. The Bertz CT molecular complexity index is 671. The average Bonchev–Trinajstić information content (AvgIpc) is 2.52. The first-order chi connectivity index (χ1) is 10.9. The average molecular weight is 377 g/mol. The van der Waals surface area contributed by atoms with E-state index < -0.39 is 5.54 Å². The quantitative estimate of drug-likeness (QED) is 0.676. The Labute approximate surface area is 144 Å². The molecule has 0 radical (unpaired) electrons. The van der Waals surface area contributed by atoms with Crippen molar-refractivity contribution >= 4 is 27.7 Å². The lowest BCUT2D eigenvalue weighted by atomic mass is 9.92. The predicted octanol–water partition coefficient (Wildman–Crippen LogP) is 2.55. The maximum atomic E-state index is 12.3. The lowest BCUT2D eigenvalue weighted by Gasteiger charge is -2.24. The van der Waals surface area contributed by atoms with Crippen molar-refractivity contribution in [1.82, 2.24) is 10.3 Å². The summed E-state index contributed by atoms with van der Waals surface area (Å²) in [5.41, 5.74) is 6.84. The number of carbonyl (C=O) groups is 1. The number of amides is 1. The number of aromatic nitrogens is 1. The van der Waals surface area contributed by atoms with Gasteiger partial charge in [0.05, 0.1) is 0 Å². The number of benzene rings is 1. The fourth-order valence-electron chi connectivity index (χ4n) is 2.12. The second-order valence-electron chi connectivity index (χ2n) is 5.56. The van der Waals surface area contributed by atoms with Gasteiger partial charge in [-0.2, -0.15) is 0 Å². The first kappa shape index (κ1) is 17.4. The molecule has 4 N–H and O–H groups in total. The Morgan fingerprint density at radius 2 is 1.91 bits per heavy atom. The Kier molecular flexibility index (Phi) is 5.74. The summed E-state index contributed by atoms with van der Waals surface area (Å²) < 4.78 is 0.951. The fraction of sp³-hybridized carbons (Fsp3) is 0.294. The summed E-state index contributed by atoms with van der Waals surface area (Å²) in [5.74, 6) is 0.585. The number of nitrogens with zero attached hydrogens (tertiary/aromatic N) is 1. The Morgan fingerprint density at radius 3 is 2.57 bits per heavy atom. The minimum absolute atomic E-state index is 0.209. The number of hydrogen-bond acceptors (Lipinski definition) is 4. The van der Waals surface area contributed by atoms with Crippen molar-refractivity contribution in [3.05, 3.63) is 58.2 Å². The van der Waals surface area contributed by atoms with E-state index in [1.165, 1.54) is 0 Å². The van der Waals surface area contributed by atoms with Gasteiger partial charge in [-0.3, -0.25) is 4.79 Å². The van der Waals surface area contributed by atoms with Gasteiger partial charge in [-0.25, -0.2) is 4.98 Å². The summed E-state index contributed by atoms with van der Waals surface area (Å²) in [6.07, 6.45) is 0. The third kappa shape index (κ3) is 4.77. The molecule has 1 aromatic heterocycles. The van der Waals surface area contributed by atoms with E-state index >= 15 is 0 Å². The molecule has 0 aliphatic rings. The molecule has 0 saturated carbocycles. The number of halogens is 1. The number of aryl methyl sites for hydroxylation is 1. The number of nitrogens with one attached hydrogen (secondary N) is 2. The lowest BCUT2D eigenvalue weighted by Crippen LogP contribution is -2.49. The molecule has 1 heterocycles. The van der Waals surface area contributed by atoms with Crippen molar-refractivity contribution in [2.75, 3.05) is 18.4 Å². The molecular weight excluding hydrogens is 356 g/mol. The predicted molar refractivity (Wildman–Crippen MR) is 96.2 cm³/mol. The molecule has 2 rings (SSSR count). The van der Waals surface area contributed by atoms with Gasteiger partial charge in [-0.1, -0.05) is 34.1 Å². The summed E-state index contributed by atoms with van der Waals surface area (Å²) in [5, 5.41) is 6.02. The van der Waals surface area contributed by atoms with Crippen LogP contribution in [0.2, 0.25) is 0 Å². The zero-order valence-corrected chi connectivity index (χ0v) is 14.9. The van der Waals surface area contributed by atoms with E-state index in [1.54, 1.807) is 6.92 Å². The van der Waals surface area contributed by atoms with E-state index in [0.717, 1.165) is 21.5 Å². The van der Waals surface area contributed by atoms with Crippen LogP contribution in [0.15, 0.2) is 46.9 Å². The number of pyridine rings is 1. The SMILES string of the molecule is Cc1cccc(NCCNC(=O)C(C)(N)c2ccc(Br)cc2)n1. The van der Waals surface area contributed by atoms with Crippen molar-refractivity contribution in [3.8, 4) is 0 Å². The van der Waals surface area contributed by atoms with Crippen LogP contribution in [0.3, 0.4) is 0 Å². The highest BCUT2D eigenvalue weighted by molar-refractivity contribution is 9.10. The molecule has 5 nitrogen and oxygen atoms in total. The largest absolute Gasteiger partial charge is 0.368 e. The van der Waals surface area contributed by atoms with Crippen LogP contribution in [-0.4, -0.2) is 24.0 Å². The molecule has 1 amide bonds. The molecule has 0 spiro atoms. The van der Waals surface area contributed by atoms with Gasteiger partial charge < -0.3 is 16.4 Å². The van der Waals surface area contributed by atoms with Gasteiger partial charge in [0.1, 0.15) is 11.4 Å². The van der Waals surface area contributed by atoms with Crippen molar-refractivity contribution < 1.29 is 4.79 Å². The first-order valence-electron chi connectivity index (χ1n) is 7.40. The summed E-state index contributed by atoms with van der Waals surface area (Å²) in [6, 6.07) is 13.2. The van der Waals surface area contributed by atoms with E-state index in [2.05, 4.69) is 31.5 Å². The van der Waals surface area contributed by atoms with Gasteiger partial charge in [0.15, 0.2) is 0 Å². The molecule has 23 heavy (non-hydrogen) atoms. The lowest BCUT2D eigenvalue weighted by molar-refractivity contribution is -0.126. The maximum Gasteiger partial charge on any atom is 0.244 e. The molecular formula is C17H21BrN4O. The number of anilines is 1. The van der Waals surface area contributed by atoms with Crippen molar-refractivity contribution in [2.24, 2.45) is 5.73 Å². The van der Waals surface area contributed by atoms with E-state index in [0.29, 0.717) is 13.1 Å². The minimum Gasteiger partial charge on any atom is -0.368 e. The van der Waals surface area contributed by atoms with Gasteiger partial charge >= 0.3 is 0 Å². The van der Waals surface area contributed by atoms with Gasteiger partial charge in [0.2, 0.25) is 5.91 Å². The normalized spacial score (nSPS) is 13.2. The van der Waals surface area contributed by atoms with E-state index in [-0.39, 0.29) is 5.91 Å². The highest BCUT2D eigenvalue weighted by Gasteiger charge is 2.29. The maximum absolute atomic E-state index is 12.3. The number of nitrogens with two attached hydrogens (primary N) is 1. The Hall–Kier alpha value is -1.92. The standard InChI is InChI=1S/C17H21BrN4O/c1-12-4-3-5-15(22-12)20-10-11-21-16(23)17(2,19)13-6-8-14(18)9-7-13/h3-9H,10-11,19H2,1-2H3,(H,20,22)(H,21,23). The van der Waals surface area contributed by atoms with Crippen LogP contribution in [0.25, 0.3) is 0 Å². The van der Waals surface area contributed by atoms with Crippen LogP contribution in [0.1, 0.15) is 18.2 Å². The van der Waals surface area contributed by atoms with E-state index in [1.807, 2.05) is 49.4 Å². The van der Waals surface area contributed by atoms with E-state index in [4.69, 9.17) is 5.73 Å². The molecule has 2 aromatic rings. The summed E-state index contributed by atoms with van der Waals surface area (Å²) in [4.78, 5) is 16.7. The molecule has 1 unspecified atom stereocenters. The summed E-state index contributed by atoms with van der Waals surface area (Å²) in [7, 11) is 0. The second-order valence-corrected chi connectivity index (χ2v) is 6.47. The Balaban J connectivity index is 1.85. The zero-order chi connectivity index (χ0) is 16.9. The Morgan fingerprint density at radius 1 is 1.22 bits per heavy atom. The van der Waals surface area contributed by atoms with E-state index in [9.17, 15) is 4.79 Å². The van der Waals surface area contributed by atoms with Crippen LogP contribution in [0.4, 0.5) is 5.82 Å². The zero-order valence-electron chi connectivity index (χ0n) is 13.3. The monoisotopic (exact) mass is 376 g/mol. The molecule has 0 saturated heterocycles. The molecule has 0 aliphatic carbocycles. The smallest absolute Gasteiger partial charge is 0.244 e. The van der Waals surface area contributed by atoms with Crippen LogP contribution in [0, 0.1) is 6.92 Å².